The third-order valence-electron chi connectivity index (χ3n) is 4.26. The van der Waals surface area contributed by atoms with Gasteiger partial charge in [-0.05, 0) is 32.8 Å². The van der Waals surface area contributed by atoms with Crippen molar-refractivity contribution in [3.8, 4) is 0 Å². The number of aromatic amines is 1. The summed E-state index contributed by atoms with van der Waals surface area (Å²) in [7, 11) is 0. The highest BCUT2D eigenvalue weighted by molar-refractivity contribution is 5.83. The van der Waals surface area contributed by atoms with E-state index in [9.17, 15) is 4.79 Å². The second-order valence-electron chi connectivity index (χ2n) is 6.20. The first kappa shape index (κ1) is 16.3. The molecule has 24 heavy (non-hydrogen) atoms. The van der Waals surface area contributed by atoms with Gasteiger partial charge in [0, 0.05) is 22.3 Å². The number of nitrogens with one attached hydrogen (secondary N) is 1. The third kappa shape index (κ3) is 3.07. The van der Waals surface area contributed by atoms with Crippen molar-refractivity contribution in [1.82, 2.24) is 19.9 Å². The zero-order valence-electron chi connectivity index (χ0n) is 14.6. The summed E-state index contributed by atoms with van der Waals surface area (Å²) in [6.45, 7) is 7.97. The standard InChI is InChI=1S/C19H22N4O/c1-5-7-15-13(4)21-17(23-19(15)24)10-16-20-12(3)14-9-6-8-11(2)18(14)22-16/h6,8-9H,5,7,10H2,1-4H3,(H,21,23,24). The fourth-order valence-corrected chi connectivity index (χ4v) is 3.03. The van der Waals surface area contributed by atoms with Gasteiger partial charge in [-0.1, -0.05) is 31.5 Å². The number of para-hydroxylation sites is 1. The molecule has 0 aliphatic heterocycles. The molecule has 5 heteroatoms. The zero-order valence-corrected chi connectivity index (χ0v) is 14.6. The Labute approximate surface area is 141 Å². The van der Waals surface area contributed by atoms with Crippen molar-refractivity contribution in [2.45, 2.75) is 47.0 Å². The van der Waals surface area contributed by atoms with Crippen LogP contribution in [0.25, 0.3) is 10.9 Å². The van der Waals surface area contributed by atoms with Gasteiger partial charge in [0.05, 0.1) is 11.9 Å². The Balaban J connectivity index is 2.01. The summed E-state index contributed by atoms with van der Waals surface area (Å²) < 4.78 is 0. The lowest BCUT2D eigenvalue weighted by molar-refractivity contribution is 0.816. The maximum Gasteiger partial charge on any atom is 0.254 e. The van der Waals surface area contributed by atoms with Crippen LogP contribution in [0.2, 0.25) is 0 Å². The van der Waals surface area contributed by atoms with Crippen LogP contribution in [-0.4, -0.2) is 19.9 Å². The van der Waals surface area contributed by atoms with E-state index in [0.717, 1.165) is 46.3 Å². The van der Waals surface area contributed by atoms with Crippen molar-refractivity contribution in [3.63, 3.8) is 0 Å². The Morgan fingerprint density at radius 2 is 1.83 bits per heavy atom. The summed E-state index contributed by atoms with van der Waals surface area (Å²) in [4.78, 5) is 28.9. The number of H-pyrrole nitrogens is 1. The van der Waals surface area contributed by atoms with Crippen LogP contribution in [0.1, 0.15) is 47.5 Å². The van der Waals surface area contributed by atoms with Crippen LogP contribution in [0.5, 0.6) is 0 Å². The van der Waals surface area contributed by atoms with Gasteiger partial charge >= 0.3 is 0 Å². The van der Waals surface area contributed by atoms with Gasteiger partial charge in [-0.15, -0.1) is 0 Å². The zero-order chi connectivity index (χ0) is 17.3. The van der Waals surface area contributed by atoms with Crippen LogP contribution in [0.4, 0.5) is 0 Å². The summed E-state index contributed by atoms with van der Waals surface area (Å²) in [6.07, 6.45) is 2.10. The molecule has 3 rings (SSSR count). The van der Waals surface area contributed by atoms with Crippen molar-refractivity contribution in [2.24, 2.45) is 0 Å². The Morgan fingerprint density at radius 1 is 1.04 bits per heavy atom. The molecule has 124 valence electrons. The minimum Gasteiger partial charge on any atom is -0.310 e. The molecule has 5 nitrogen and oxygen atoms in total. The van der Waals surface area contributed by atoms with E-state index in [1.54, 1.807) is 0 Å². The second kappa shape index (κ2) is 6.51. The Morgan fingerprint density at radius 3 is 2.54 bits per heavy atom. The van der Waals surface area contributed by atoms with Crippen LogP contribution in [-0.2, 0) is 12.8 Å². The monoisotopic (exact) mass is 322 g/mol. The number of fused-ring (bicyclic) bond motifs is 1. The summed E-state index contributed by atoms with van der Waals surface area (Å²) in [5.41, 5.74) is 4.54. The molecule has 2 heterocycles. The highest BCUT2D eigenvalue weighted by Gasteiger charge is 2.11. The van der Waals surface area contributed by atoms with E-state index >= 15 is 0 Å². The molecule has 0 aliphatic rings. The van der Waals surface area contributed by atoms with Crippen LogP contribution >= 0.6 is 0 Å². The number of rotatable bonds is 4. The average Bonchev–Trinajstić information content (AvgIpc) is 2.52. The molecule has 0 spiro atoms. The molecule has 3 aromatic rings. The molecule has 0 saturated heterocycles. The van der Waals surface area contributed by atoms with Gasteiger partial charge in [-0.2, -0.15) is 0 Å². The lowest BCUT2D eigenvalue weighted by atomic mass is 10.1. The molecule has 0 fully saturated rings. The number of nitrogens with zero attached hydrogens (tertiary/aromatic N) is 3. The molecule has 0 amide bonds. The molecule has 0 unspecified atom stereocenters. The minimum atomic E-state index is -0.0481. The molecule has 2 aromatic heterocycles. The van der Waals surface area contributed by atoms with Crippen molar-refractivity contribution in [2.75, 3.05) is 0 Å². The van der Waals surface area contributed by atoms with Crippen molar-refractivity contribution in [3.05, 3.63) is 62.7 Å². The number of benzene rings is 1. The fourth-order valence-electron chi connectivity index (χ4n) is 3.03. The van der Waals surface area contributed by atoms with Gasteiger partial charge in [0.2, 0.25) is 0 Å². The number of hydrogen-bond acceptors (Lipinski definition) is 4. The Bertz CT molecular complexity index is 959. The molecule has 1 aromatic carbocycles. The lowest BCUT2D eigenvalue weighted by Crippen LogP contribution is -2.19. The molecular formula is C19H22N4O. The van der Waals surface area contributed by atoms with Gasteiger partial charge in [-0.3, -0.25) is 4.79 Å². The maximum absolute atomic E-state index is 12.2. The quantitative estimate of drug-likeness (QED) is 0.801. The average molecular weight is 322 g/mol. The van der Waals surface area contributed by atoms with Gasteiger partial charge in [0.1, 0.15) is 11.6 Å². The fraction of sp³-hybridized carbons (Fsp3) is 0.368. The van der Waals surface area contributed by atoms with Crippen LogP contribution in [0.15, 0.2) is 23.0 Å². The largest absolute Gasteiger partial charge is 0.310 e. The first-order valence-electron chi connectivity index (χ1n) is 8.31. The van der Waals surface area contributed by atoms with E-state index in [0.29, 0.717) is 18.1 Å². The number of aromatic nitrogens is 4. The topological polar surface area (TPSA) is 71.5 Å². The minimum absolute atomic E-state index is 0.0481. The second-order valence-corrected chi connectivity index (χ2v) is 6.20. The predicted molar refractivity (Wildman–Crippen MR) is 95.4 cm³/mol. The Hall–Kier alpha value is -2.56. The molecule has 0 aliphatic carbocycles. The van der Waals surface area contributed by atoms with Gasteiger partial charge in [-0.25, -0.2) is 15.0 Å². The summed E-state index contributed by atoms with van der Waals surface area (Å²) in [5.74, 6) is 1.30. The SMILES string of the molecule is CCCc1c(C)nc(Cc2nc(C)c3cccc(C)c3n2)[nH]c1=O. The highest BCUT2D eigenvalue weighted by atomic mass is 16.1. The highest BCUT2D eigenvalue weighted by Crippen LogP contribution is 2.19. The molecule has 0 bridgehead atoms. The first-order chi connectivity index (χ1) is 11.5. The summed E-state index contributed by atoms with van der Waals surface area (Å²) in [6, 6.07) is 6.09. The van der Waals surface area contributed by atoms with E-state index in [1.807, 2.05) is 39.0 Å². The van der Waals surface area contributed by atoms with Gasteiger partial charge in [0.25, 0.3) is 5.56 Å². The van der Waals surface area contributed by atoms with Crippen molar-refractivity contribution >= 4 is 10.9 Å². The maximum atomic E-state index is 12.2. The Kier molecular flexibility index (Phi) is 4.42. The molecule has 0 radical (unpaired) electrons. The summed E-state index contributed by atoms with van der Waals surface area (Å²) in [5, 5.41) is 1.06. The van der Waals surface area contributed by atoms with Crippen molar-refractivity contribution < 1.29 is 0 Å². The van der Waals surface area contributed by atoms with Crippen LogP contribution in [0, 0.1) is 20.8 Å². The van der Waals surface area contributed by atoms with E-state index in [4.69, 9.17) is 0 Å². The van der Waals surface area contributed by atoms with Crippen LogP contribution in [0.3, 0.4) is 0 Å². The molecule has 0 atom stereocenters. The van der Waals surface area contributed by atoms with E-state index in [2.05, 4.69) is 26.9 Å². The first-order valence-corrected chi connectivity index (χ1v) is 8.31. The molecular weight excluding hydrogens is 300 g/mol. The van der Waals surface area contributed by atoms with E-state index in [-0.39, 0.29) is 5.56 Å². The predicted octanol–water partition coefficient (Wildman–Crippen LogP) is 3.18. The normalized spacial score (nSPS) is 11.2. The van der Waals surface area contributed by atoms with Gasteiger partial charge < -0.3 is 4.98 Å². The molecule has 0 saturated carbocycles. The van der Waals surface area contributed by atoms with E-state index in [1.165, 1.54) is 0 Å². The molecule has 1 N–H and O–H groups in total. The van der Waals surface area contributed by atoms with Crippen LogP contribution < -0.4 is 5.56 Å². The smallest absolute Gasteiger partial charge is 0.254 e. The number of aryl methyl sites for hydroxylation is 3. The van der Waals surface area contributed by atoms with Gasteiger partial charge in [0.15, 0.2) is 0 Å². The van der Waals surface area contributed by atoms with E-state index < -0.39 is 0 Å². The third-order valence-corrected chi connectivity index (χ3v) is 4.26. The van der Waals surface area contributed by atoms with Crippen molar-refractivity contribution in [1.29, 1.82) is 0 Å². The lowest BCUT2D eigenvalue weighted by Gasteiger charge is -2.09. The number of hydrogen-bond donors (Lipinski definition) is 1. The summed E-state index contributed by atoms with van der Waals surface area (Å²) >= 11 is 0.